The summed E-state index contributed by atoms with van der Waals surface area (Å²) >= 11 is 0. The van der Waals surface area contributed by atoms with Gasteiger partial charge in [0.25, 0.3) is 5.91 Å². The Bertz CT molecular complexity index is 687. The predicted octanol–water partition coefficient (Wildman–Crippen LogP) is 2.87. The van der Waals surface area contributed by atoms with Crippen LogP contribution in [-0.4, -0.2) is 20.0 Å². The molecule has 2 aromatic rings. The predicted molar refractivity (Wildman–Crippen MR) is 79.5 cm³/mol. The number of hydrogen-bond acceptors (Lipinski definition) is 3. The fourth-order valence-corrected chi connectivity index (χ4v) is 1.89. The molecule has 0 spiro atoms. The monoisotopic (exact) mass is 291 g/mol. The van der Waals surface area contributed by atoms with E-state index in [9.17, 15) is 13.6 Å². The number of hydrogen-bond donors (Lipinski definition) is 2. The maximum Gasteiger partial charge on any atom is 0.255 e. The van der Waals surface area contributed by atoms with E-state index in [4.69, 9.17) is 5.73 Å². The molecule has 0 saturated heterocycles. The van der Waals surface area contributed by atoms with Crippen LogP contribution >= 0.6 is 0 Å². The number of halogens is 2. The molecule has 0 radical (unpaired) electrons. The standard InChI is InChI=1S/C15H15F2N3O/c1-20(2)14-6-3-9(7-12(14)18)15(21)19-13-8-10(16)4-5-11(13)17/h3-8H,18H2,1-2H3,(H,19,21). The molecule has 3 N–H and O–H groups in total. The average Bonchev–Trinajstić information content (AvgIpc) is 2.42. The molecule has 0 saturated carbocycles. The van der Waals surface area contributed by atoms with Gasteiger partial charge >= 0.3 is 0 Å². The number of nitrogens with zero attached hydrogens (tertiary/aromatic N) is 1. The number of carbonyl (C=O) groups excluding carboxylic acids is 1. The highest BCUT2D eigenvalue weighted by atomic mass is 19.1. The Balaban J connectivity index is 2.24. The summed E-state index contributed by atoms with van der Waals surface area (Å²) in [6.07, 6.45) is 0. The fraction of sp³-hybridized carbons (Fsp3) is 0.133. The minimum Gasteiger partial charge on any atom is -0.397 e. The van der Waals surface area contributed by atoms with Gasteiger partial charge in [-0.05, 0) is 30.3 Å². The molecule has 110 valence electrons. The minimum atomic E-state index is -0.706. The van der Waals surface area contributed by atoms with Crippen molar-refractivity contribution in [2.45, 2.75) is 0 Å². The molecule has 6 heteroatoms. The smallest absolute Gasteiger partial charge is 0.255 e. The number of benzene rings is 2. The average molecular weight is 291 g/mol. The summed E-state index contributed by atoms with van der Waals surface area (Å²) in [6, 6.07) is 7.60. The van der Waals surface area contributed by atoms with Gasteiger partial charge in [-0.25, -0.2) is 8.78 Å². The van der Waals surface area contributed by atoms with Crippen LogP contribution in [0.25, 0.3) is 0 Å². The van der Waals surface area contributed by atoms with Crippen molar-refractivity contribution >= 4 is 23.0 Å². The number of nitrogens with two attached hydrogens (primary N) is 1. The lowest BCUT2D eigenvalue weighted by molar-refractivity contribution is 0.102. The zero-order valence-electron chi connectivity index (χ0n) is 11.7. The molecule has 0 aliphatic carbocycles. The van der Waals surface area contributed by atoms with E-state index in [1.165, 1.54) is 6.07 Å². The molecular weight excluding hydrogens is 276 g/mol. The third kappa shape index (κ3) is 3.28. The maximum atomic E-state index is 13.5. The molecule has 2 rings (SSSR count). The molecule has 0 aliphatic rings. The van der Waals surface area contributed by atoms with Gasteiger partial charge < -0.3 is 16.0 Å². The van der Waals surface area contributed by atoms with Gasteiger partial charge in [0.05, 0.1) is 17.1 Å². The van der Waals surface area contributed by atoms with E-state index < -0.39 is 17.5 Å². The van der Waals surface area contributed by atoms with Crippen LogP contribution in [0.4, 0.5) is 25.8 Å². The molecule has 21 heavy (non-hydrogen) atoms. The lowest BCUT2D eigenvalue weighted by Crippen LogP contribution is -2.15. The van der Waals surface area contributed by atoms with Crippen molar-refractivity contribution in [1.82, 2.24) is 0 Å². The molecule has 0 unspecified atom stereocenters. The van der Waals surface area contributed by atoms with E-state index in [0.717, 1.165) is 23.9 Å². The summed E-state index contributed by atoms with van der Waals surface area (Å²) in [4.78, 5) is 13.9. The van der Waals surface area contributed by atoms with Gasteiger partial charge in [-0.15, -0.1) is 0 Å². The van der Waals surface area contributed by atoms with E-state index in [0.29, 0.717) is 5.69 Å². The Labute approximate surface area is 121 Å². The van der Waals surface area contributed by atoms with Crippen LogP contribution in [0.3, 0.4) is 0 Å². The van der Waals surface area contributed by atoms with Gasteiger partial charge in [0.15, 0.2) is 0 Å². The first-order valence-corrected chi connectivity index (χ1v) is 6.21. The molecule has 0 aliphatic heterocycles. The van der Waals surface area contributed by atoms with Crippen molar-refractivity contribution in [3.63, 3.8) is 0 Å². The van der Waals surface area contributed by atoms with E-state index >= 15 is 0 Å². The molecule has 0 atom stereocenters. The third-order valence-electron chi connectivity index (χ3n) is 2.95. The summed E-state index contributed by atoms with van der Waals surface area (Å²) in [6.45, 7) is 0. The van der Waals surface area contributed by atoms with Crippen LogP contribution in [0, 0.1) is 11.6 Å². The van der Waals surface area contributed by atoms with Crippen molar-refractivity contribution in [3.8, 4) is 0 Å². The number of anilines is 3. The highest BCUT2D eigenvalue weighted by Crippen LogP contribution is 2.23. The Morgan fingerprint density at radius 3 is 2.48 bits per heavy atom. The maximum absolute atomic E-state index is 13.5. The zero-order valence-corrected chi connectivity index (χ0v) is 11.7. The van der Waals surface area contributed by atoms with E-state index in [1.807, 2.05) is 19.0 Å². The van der Waals surface area contributed by atoms with Gasteiger partial charge in [-0.3, -0.25) is 4.79 Å². The minimum absolute atomic E-state index is 0.213. The van der Waals surface area contributed by atoms with Crippen molar-refractivity contribution in [3.05, 3.63) is 53.6 Å². The van der Waals surface area contributed by atoms with Crippen molar-refractivity contribution in [1.29, 1.82) is 0 Å². The summed E-state index contributed by atoms with van der Waals surface area (Å²) in [7, 11) is 3.65. The number of nitrogen functional groups attached to an aromatic ring is 1. The number of nitrogens with one attached hydrogen (secondary N) is 1. The summed E-state index contributed by atoms with van der Waals surface area (Å²) < 4.78 is 26.5. The first-order valence-electron chi connectivity index (χ1n) is 6.21. The Hall–Kier alpha value is -2.63. The lowest BCUT2D eigenvalue weighted by atomic mass is 10.1. The van der Waals surface area contributed by atoms with Crippen molar-refractivity contribution in [2.75, 3.05) is 30.0 Å². The normalized spacial score (nSPS) is 10.3. The second-order valence-corrected chi connectivity index (χ2v) is 4.75. The van der Waals surface area contributed by atoms with Crippen LogP contribution in [-0.2, 0) is 0 Å². The topological polar surface area (TPSA) is 58.4 Å². The SMILES string of the molecule is CN(C)c1ccc(C(=O)Nc2cc(F)ccc2F)cc1N. The summed E-state index contributed by atoms with van der Waals surface area (Å²) in [5.74, 6) is -1.90. The van der Waals surface area contributed by atoms with Crippen molar-refractivity contribution < 1.29 is 13.6 Å². The highest BCUT2D eigenvalue weighted by Gasteiger charge is 2.12. The van der Waals surface area contributed by atoms with Gasteiger partial charge in [-0.1, -0.05) is 0 Å². The largest absolute Gasteiger partial charge is 0.397 e. The second-order valence-electron chi connectivity index (χ2n) is 4.75. The van der Waals surface area contributed by atoms with Gasteiger partial charge in [0.2, 0.25) is 0 Å². The lowest BCUT2D eigenvalue weighted by Gasteiger charge is -2.16. The zero-order chi connectivity index (χ0) is 15.6. The van der Waals surface area contributed by atoms with E-state index in [-0.39, 0.29) is 11.3 Å². The molecular formula is C15H15F2N3O. The first-order chi connectivity index (χ1) is 9.88. The van der Waals surface area contributed by atoms with Crippen LogP contribution in [0.1, 0.15) is 10.4 Å². The Morgan fingerprint density at radius 2 is 1.86 bits per heavy atom. The van der Waals surface area contributed by atoms with E-state index in [1.54, 1.807) is 12.1 Å². The molecule has 0 bridgehead atoms. The Morgan fingerprint density at radius 1 is 1.14 bits per heavy atom. The first kappa shape index (κ1) is 14.8. The number of amides is 1. The van der Waals surface area contributed by atoms with Gasteiger partial charge in [-0.2, -0.15) is 0 Å². The molecule has 0 fully saturated rings. The van der Waals surface area contributed by atoms with Crippen LogP contribution < -0.4 is 16.0 Å². The van der Waals surface area contributed by atoms with Gasteiger partial charge in [0.1, 0.15) is 11.6 Å². The number of rotatable bonds is 3. The third-order valence-corrected chi connectivity index (χ3v) is 2.95. The molecule has 2 aromatic carbocycles. The quantitative estimate of drug-likeness (QED) is 0.855. The van der Waals surface area contributed by atoms with Crippen LogP contribution in [0.5, 0.6) is 0 Å². The van der Waals surface area contributed by atoms with E-state index in [2.05, 4.69) is 5.32 Å². The van der Waals surface area contributed by atoms with Crippen molar-refractivity contribution in [2.24, 2.45) is 0 Å². The Kier molecular flexibility index (Phi) is 4.07. The van der Waals surface area contributed by atoms with Crippen LogP contribution in [0.15, 0.2) is 36.4 Å². The van der Waals surface area contributed by atoms with Crippen LogP contribution in [0.2, 0.25) is 0 Å². The second kappa shape index (κ2) is 5.78. The molecule has 1 amide bonds. The number of carbonyl (C=O) groups is 1. The fourth-order valence-electron chi connectivity index (χ4n) is 1.89. The molecule has 0 aromatic heterocycles. The molecule has 4 nitrogen and oxygen atoms in total. The summed E-state index contributed by atoms with van der Waals surface area (Å²) in [5.41, 5.74) is 7.10. The highest BCUT2D eigenvalue weighted by molar-refractivity contribution is 6.05. The summed E-state index contributed by atoms with van der Waals surface area (Å²) in [5, 5.41) is 2.32. The van der Waals surface area contributed by atoms with Gasteiger partial charge in [0, 0.05) is 25.7 Å². The molecule has 0 heterocycles.